The Bertz CT molecular complexity index is 1350. The normalized spacial score (nSPS) is 13.0. The van der Waals surface area contributed by atoms with Gasteiger partial charge in [-0.15, -0.1) is 0 Å². The zero-order chi connectivity index (χ0) is 20.5. The van der Waals surface area contributed by atoms with Gasteiger partial charge in [-0.2, -0.15) is 0 Å². The van der Waals surface area contributed by atoms with E-state index in [0.717, 1.165) is 45.8 Å². The van der Waals surface area contributed by atoms with Gasteiger partial charge in [-0.05, 0) is 37.1 Å². The van der Waals surface area contributed by atoms with Crippen molar-refractivity contribution in [3.05, 3.63) is 60.2 Å². The minimum absolute atomic E-state index is 0.0228. The fraction of sp³-hybridized carbons (Fsp3) is 0.174. The molecule has 2 N–H and O–H groups in total. The molecule has 1 saturated carbocycles. The molecule has 3 aromatic heterocycles. The molecule has 0 bridgehead atoms. The first-order valence-electron chi connectivity index (χ1n) is 9.71. The molecule has 7 nitrogen and oxygen atoms in total. The van der Waals surface area contributed by atoms with E-state index in [9.17, 15) is 4.79 Å². The van der Waals surface area contributed by atoms with Gasteiger partial charge in [0, 0.05) is 54.1 Å². The van der Waals surface area contributed by atoms with Crippen molar-refractivity contribution >= 4 is 39.3 Å². The molecule has 1 aromatic carbocycles. The lowest BCUT2D eigenvalue weighted by Crippen LogP contribution is -2.14. The van der Waals surface area contributed by atoms with Crippen molar-refractivity contribution in [2.45, 2.75) is 12.8 Å². The highest BCUT2D eigenvalue weighted by atomic mass is 16.2. The fourth-order valence-corrected chi connectivity index (χ4v) is 3.26. The number of hydrogen-bond acceptors (Lipinski definition) is 6. The highest BCUT2D eigenvalue weighted by Gasteiger charge is 2.29. The van der Waals surface area contributed by atoms with Crippen LogP contribution >= 0.6 is 0 Å². The van der Waals surface area contributed by atoms with E-state index in [1.54, 1.807) is 24.8 Å². The number of carbonyl (C=O) groups excluding carboxylic acids is 1. The lowest BCUT2D eigenvalue weighted by atomic mass is 10.1. The van der Waals surface area contributed by atoms with E-state index in [-0.39, 0.29) is 11.8 Å². The highest BCUT2D eigenvalue weighted by molar-refractivity contribution is 5.99. The van der Waals surface area contributed by atoms with E-state index in [0.29, 0.717) is 11.6 Å². The predicted molar refractivity (Wildman–Crippen MR) is 116 cm³/mol. The third kappa shape index (κ3) is 3.51. The number of carbonyl (C=O) groups is 1. The Morgan fingerprint density at radius 2 is 1.80 bits per heavy atom. The van der Waals surface area contributed by atoms with Crippen LogP contribution in [-0.2, 0) is 4.79 Å². The van der Waals surface area contributed by atoms with E-state index in [4.69, 9.17) is 0 Å². The van der Waals surface area contributed by atoms with Gasteiger partial charge in [-0.3, -0.25) is 14.8 Å². The van der Waals surface area contributed by atoms with Crippen molar-refractivity contribution in [3.63, 3.8) is 0 Å². The van der Waals surface area contributed by atoms with Crippen molar-refractivity contribution in [1.82, 2.24) is 19.9 Å². The summed E-state index contributed by atoms with van der Waals surface area (Å²) in [5.74, 6) is 7.77. The summed E-state index contributed by atoms with van der Waals surface area (Å²) < 4.78 is 0. The smallest absolute Gasteiger partial charge is 0.228 e. The molecule has 0 spiro atoms. The molecule has 0 radical (unpaired) electrons. The van der Waals surface area contributed by atoms with Gasteiger partial charge in [-0.1, -0.05) is 11.8 Å². The summed E-state index contributed by atoms with van der Waals surface area (Å²) in [7, 11) is 1.81. The van der Waals surface area contributed by atoms with Crippen LogP contribution in [0.15, 0.2) is 49.1 Å². The molecule has 0 atom stereocenters. The molecular weight excluding hydrogens is 376 g/mol. The van der Waals surface area contributed by atoms with Crippen molar-refractivity contribution < 1.29 is 4.79 Å². The van der Waals surface area contributed by atoms with Gasteiger partial charge in [-0.25, -0.2) is 9.97 Å². The zero-order valence-corrected chi connectivity index (χ0v) is 16.3. The molecule has 1 fully saturated rings. The van der Waals surface area contributed by atoms with Gasteiger partial charge in [0.15, 0.2) is 0 Å². The topological polar surface area (TPSA) is 92.7 Å². The number of hydrogen-bond donors (Lipinski definition) is 2. The van der Waals surface area contributed by atoms with E-state index in [1.165, 1.54) is 0 Å². The van der Waals surface area contributed by atoms with Crippen LogP contribution in [0, 0.1) is 17.8 Å². The minimum Gasteiger partial charge on any atom is -0.373 e. The molecular formula is C23H18N6O. The van der Waals surface area contributed by atoms with Gasteiger partial charge >= 0.3 is 0 Å². The Morgan fingerprint density at radius 1 is 0.967 bits per heavy atom. The Balaban J connectivity index is 1.55. The Morgan fingerprint density at radius 3 is 2.60 bits per heavy atom. The summed E-state index contributed by atoms with van der Waals surface area (Å²) in [6.07, 6.45) is 8.67. The second kappa shape index (κ2) is 7.41. The summed E-state index contributed by atoms with van der Waals surface area (Å²) >= 11 is 0. The summed E-state index contributed by atoms with van der Waals surface area (Å²) in [6, 6.07) is 7.59. The second-order valence-corrected chi connectivity index (χ2v) is 7.16. The predicted octanol–water partition coefficient (Wildman–Crippen LogP) is 3.36. The van der Waals surface area contributed by atoms with Crippen molar-refractivity contribution in [2.75, 3.05) is 17.7 Å². The number of pyridine rings is 2. The Hall–Kier alpha value is -4.05. The summed E-state index contributed by atoms with van der Waals surface area (Å²) in [5.41, 5.74) is 3.22. The second-order valence-electron chi connectivity index (χ2n) is 7.16. The van der Waals surface area contributed by atoms with Crippen LogP contribution in [0.3, 0.4) is 0 Å². The molecule has 0 unspecified atom stereocenters. The number of benzene rings is 1. The van der Waals surface area contributed by atoms with E-state index in [2.05, 4.69) is 42.4 Å². The van der Waals surface area contributed by atoms with Crippen molar-refractivity contribution in [1.29, 1.82) is 0 Å². The van der Waals surface area contributed by atoms with Gasteiger partial charge in [0.05, 0.1) is 16.6 Å². The van der Waals surface area contributed by atoms with Crippen LogP contribution in [0.5, 0.6) is 0 Å². The number of amides is 1. The van der Waals surface area contributed by atoms with Crippen molar-refractivity contribution in [3.8, 4) is 11.8 Å². The van der Waals surface area contributed by atoms with E-state index < -0.39 is 0 Å². The van der Waals surface area contributed by atoms with E-state index in [1.807, 2.05) is 31.3 Å². The van der Waals surface area contributed by atoms with Crippen LogP contribution in [0.2, 0.25) is 0 Å². The maximum absolute atomic E-state index is 12.1. The first kappa shape index (κ1) is 18.0. The number of rotatable bonds is 3. The molecule has 4 aromatic rings. The van der Waals surface area contributed by atoms with E-state index >= 15 is 0 Å². The zero-order valence-electron chi connectivity index (χ0n) is 16.3. The maximum atomic E-state index is 12.1. The number of anilines is 2. The average molecular weight is 394 g/mol. The first-order valence-corrected chi connectivity index (χ1v) is 9.71. The Kier molecular flexibility index (Phi) is 4.45. The van der Waals surface area contributed by atoms with Gasteiger partial charge in [0.25, 0.3) is 0 Å². The van der Waals surface area contributed by atoms with Crippen LogP contribution in [0.4, 0.5) is 11.6 Å². The number of nitrogens with zero attached hydrogens (tertiary/aromatic N) is 4. The van der Waals surface area contributed by atoms with Gasteiger partial charge < -0.3 is 10.6 Å². The Labute approximate surface area is 173 Å². The van der Waals surface area contributed by atoms with Crippen LogP contribution in [0.1, 0.15) is 24.0 Å². The number of nitrogens with one attached hydrogen (secondary N) is 2. The maximum Gasteiger partial charge on any atom is 0.228 e. The molecule has 1 aliphatic rings. The number of aromatic nitrogens is 4. The quantitative estimate of drug-likeness (QED) is 0.518. The van der Waals surface area contributed by atoms with Crippen LogP contribution in [0.25, 0.3) is 21.8 Å². The molecule has 0 aliphatic heterocycles. The molecule has 0 saturated heterocycles. The van der Waals surface area contributed by atoms with Crippen LogP contribution < -0.4 is 10.6 Å². The SMILES string of the molecule is CNc1ncc(C#Cc2ccc3nccnc3c2)c2cc(NC(=O)C3CC3)ncc12. The lowest BCUT2D eigenvalue weighted by molar-refractivity contribution is -0.117. The fourth-order valence-electron chi connectivity index (χ4n) is 3.26. The highest BCUT2D eigenvalue weighted by Crippen LogP contribution is 2.31. The molecule has 5 rings (SSSR count). The minimum atomic E-state index is 0.0228. The van der Waals surface area contributed by atoms with Crippen molar-refractivity contribution in [2.24, 2.45) is 5.92 Å². The third-order valence-electron chi connectivity index (χ3n) is 5.02. The summed E-state index contributed by atoms with van der Waals surface area (Å²) in [6.45, 7) is 0. The standard InChI is InChI=1S/C23H18N6O/c1-24-22-18-13-27-21(29-23(30)15-5-6-15)11-17(18)16(12-28-22)4-2-14-3-7-19-20(10-14)26-9-8-25-19/h3,7-13,15H,5-6H2,1H3,(H,24,28)(H,27,29,30). The summed E-state index contributed by atoms with van der Waals surface area (Å²) in [5, 5.41) is 7.70. The third-order valence-corrected chi connectivity index (χ3v) is 5.02. The molecule has 1 aliphatic carbocycles. The van der Waals surface area contributed by atoms with Crippen LogP contribution in [-0.4, -0.2) is 32.9 Å². The monoisotopic (exact) mass is 394 g/mol. The molecule has 30 heavy (non-hydrogen) atoms. The number of fused-ring (bicyclic) bond motifs is 2. The molecule has 7 heteroatoms. The van der Waals surface area contributed by atoms with Gasteiger partial charge in [0.1, 0.15) is 11.6 Å². The average Bonchev–Trinajstić information content (AvgIpc) is 3.63. The van der Waals surface area contributed by atoms with Gasteiger partial charge in [0.2, 0.25) is 5.91 Å². The summed E-state index contributed by atoms with van der Waals surface area (Å²) in [4.78, 5) is 29.6. The largest absolute Gasteiger partial charge is 0.373 e. The molecule has 3 heterocycles. The lowest BCUT2D eigenvalue weighted by Gasteiger charge is -2.09. The molecule has 146 valence electrons. The first-order chi connectivity index (χ1) is 14.7. The molecule has 1 amide bonds.